The Balaban J connectivity index is 1.49. The number of fused-ring (bicyclic) bond motifs is 1. The summed E-state index contributed by atoms with van der Waals surface area (Å²) in [6.45, 7) is 0.733. The fourth-order valence-corrected chi connectivity index (χ4v) is 4.11. The zero-order chi connectivity index (χ0) is 14.4. The number of ether oxygens (including phenoxy) is 1. The number of methoxy groups -OCH3 is 1. The lowest BCUT2D eigenvalue weighted by molar-refractivity contribution is 0.165. The van der Waals surface area contributed by atoms with E-state index in [4.69, 9.17) is 0 Å². The Bertz CT molecular complexity index is 356. The van der Waals surface area contributed by atoms with Crippen LogP contribution in [-0.4, -0.2) is 48.9 Å². The molecule has 7 nitrogen and oxygen atoms in total. The van der Waals surface area contributed by atoms with Gasteiger partial charge in [-0.05, 0) is 12.8 Å². The molecule has 0 radical (unpaired) electrons. The van der Waals surface area contributed by atoms with Crippen LogP contribution >= 0.6 is 11.8 Å². The van der Waals surface area contributed by atoms with Gasteiger partial charge in [0.1, 0.15) is 0 Å². The van der Waals surface area contributed by atoms with Gasteiger partial charge in [-0.2, -0.15) is 11.8 Å². The summed E-state index contributed by atoms with van der Waals surface area (Å²) in [5.41, 5.74) is 5.24. The van der Waals surface area contributed by atoms with Crippen LogP contribution in [0.25, 0.3) is 0 Å². The summed E-state index contributed by atoms with van der Waals surface area (Å²) in [6.07, 6.45) is 3.89. The smallest absolute Gasteiger partial charge is 0.421 e. The molecule has 2 aliphatic rings. The van der Waals surface area contributed by atoms with Crippen LogP contribution < -0.4 is 21.5 Å². The Morgan fingerprint density at radius 2 is 2.25 bits per heavy atom. The van der Waals surface area contributed by atoms with Crippen molar-refractivity contribution in [1.82, 2.24) is 21.5 Å². The highest BCUT2D eigenvalue weighted by Gasteiger charge is 2.42. The second kappa shape index (κ2) is 7.58. The van der Waals surface area contributed by atoms with Crippen molar-refractivity contribution in [1.29, 1.82) is 0 Å². The summed E-state index contributed by atoms with van der Waals surface area (Å²) in [5.74, 6) is 1.01. The van der Waals surface area contributed by atoms with Gasteiger partial charge in [-0.15, -0.1) is 0 Å². The molecule has 3 unspecified atom stereocenters. The molecule has 0 spiro atoms. The summed E-state index contributed by atoms with van der Waals surface area (Å²) in [4.78, 5) is 22.0. The van der Waals surface area contributed by atoms with Gasteiger partial charge < -0.3 is 15.4 Å². The third kappa shape index (κ3) is 4.17. The fourth-order valence-electron chi connectivity index (χ4n) is 2.56. The van der Waals surface area contributed by atoms with Crippen LogP contribution in [-0.2, 0) is 4.74 Å². The van der Waals surface area contributed by atoms with Crippen LogP contribution in [0.3, 0.4) is 0 Å². The zero-order valence-corrected chi connectivity index (χ0v) is 12.4. The molecule has 0 bridgehead atoms. The molecule has 114 valence electrons. The normalized spacial score (nSPS) is 27.6. The minimum Gasteiger partial charge on any atom is -0.452 e. The molecule has 2 rings (SSSR count). The molecule has 0 aromatic rings. The van der Waals surface area contributed by atoms with Gasteiger partial charge in [-0.25, -0.2) is 15.0 Å². The van der Waals surface area contributed by atoms with Gasteiger partial charge in [0, 0.05) is 17.5 Å². The maximum atomic E-state index is 11.2. The summed E-state index contributed by atoms with van der Waals surface area (Å²) in [5, 5.41) is 6.48. The Morgan fingerprint density at radius 3 is 3.05 bits per heavy atom. The standard InChI is InChI=1S/C12H22N4O3S/c1-19-12(18)16-13-6-4-2-3-5-9-10-8(7-20-9)14-11(17)15-10/h8-10,13H,2-7H2,1H3,(H,16,18)(H2,14,15,17). The lowest BCUT2D eigenvalue weighted by atomic mass is 10.0. The molecule has 0 aromatic carbocycles. The van der Waals surface area contributed by atoms with Gasteiger partial charge >= 0.3 is 12.1 Å². The number of rotatable bonds is 7. The molecule has 20 heavy (non-hydrogen) atoms. The minimum atomic E-state index is -0.470. The first kappa shape index (κ1) is 15.2. The van der Waals surface area contributed by atoms with E-state index in [1.807, 2.05) is 11.8 Å². The highest BCUT2D eigenvalue weighted by molar-refractivity contribution is 8.00. The number of thioether (sulfide) groups is 1. The van der Waals surface area contributed by atoms with Crippen LogP contribution in [0.15, 0.2) is 0 Å². The number of hydrazine groups is 1. The van der Waals surface area contributed by atoms with Gasteiger partial charge in [-0.1, -0.05) is 12.8 Å². The first-order valence-electron chi connectivity index (χ1n) is 6.96. The van der Waals surface area contributed by atoms with E-state index in [0.717, 1.165) is 38.0 Å². The lowest BCUT2D eigenvalue weighted by Gasteiger charge is -2.16. The van der Waals surface area contributed by atoms with E-state index >= 15 is 0 Å². The quantitative estimate of drug-likeness (QED) is 0.314. The molecule has 3 amide bonds. The molecule has 0 aliphatic carbocycles. The van der Waals surface area contributed by atoms with Crippen LogP contribution in [0, 0.1) is 0 Å². The van der Waals surface area contributed by atoms with E-state index in [1.165, 1.54) is 7.11 Å². The Hall–Kier alpha value is -1.15. The molecule has 8 heteroatoms. The van der Waals surface area contributed by atoms with E-state index in [2.05, 4.69) is 26.2 Å². The number of hydrogen-bond donors (Lipinski definition) is 4. The second-order valence-corrected chi connectivity index (χ2v) is 6.29. The van der Waals surface area contributed by atoms with Gasteiger partial charge in [0.05, 0.1) is 19.2 Å². The van der Waals surface area contributed by atoms with Crippen LogP contribution in [0.4, 0.5) is 9.59 Å². The number of nitrogens with one attached hydrogen (secondary N) is 4. The first-order valence-corrected chi connectivity index (χ1v) is 8.01. The topological polar surface area (TPSA) is 91.5 Å². The van der Waals surface area contributed by atoms with Crippen molar-refractivity contribution in [3.8, 4) is 0 Å². The number of unbranched alkanes of at least 4 members (excludes halogenated alkanes) is 2. The van der Waals surface area contributed by atoms with Crippen molar-refractivity contribution in [2.45, 2.75) is 43.0 Å². The third-order valence-electron chi connectivity index (χ3n) is 3.60. The second-order valence-electron chi connectivity index (χ2n) is 5.01. The van der Waals surface area contributed by atoms with Crippen LogP contribution in [0.1, 0.15) is 25.7 Å². The van der Waals surface area contributed by atoms with Gasteiger partial charge in [0.15, 0.2) is 0 Å². The van der Waals surface area contributed by atoms with Crippen molar-refractivity contribution in [2.24, 2.45) is 0 Å². The monoisotopic (exact) mass is 302 g/mol. The van der Waals surface area contributed by atoms with Crippen LogP contribution in [0.5, 0.6) is 0 Å². The minimum absolute atomic E-state index is 0.0246. The van der Waals surface area contributed by atoms with Crippen molar-refractivity contribution in [3.63, 3.8) is 0 Å². The molecule has 0 saturated carbocycles. The molecule has 4 N–H and O–H groups in total. The average Bonchev–Trinajstić information content (AvgIpc) is 2.97. The fraction of sp³-hybridized carbons (Fsp3) is 0.833. The maximum Gasteiger partial charge on any atom is 0.421 e. The summed E-state index contributed by atoms with van der Waals surface area (Å²) >= 11 is 1.95. The van der Waals surface area contributed by atoms with E-state index < -0.39 is 6.09 Å². The zero-order valence-electron chi connectivity index (χ0n) is 11.6. The van der Waals surface area contributed by atoms with E-state index in [0.29, 0.717) is 17.3 Å². The van der Waals surface area contributed by atoms with E-state index in [-0.39, 0.29) is 6.03 Å². The summed E-state index contributed by atoms with van der Waals surface area (Å²) < 4.78 is 4.44. The summed E-state index contributed by atoms with van der Waals surface area (Å²) in [6, 6.07) is 0.582. The predicted octanol–water partition coefficient (Wildman–Crippen LogP) is 0.573. The van der Waals surface area contributed by atoms with Gasteiger partial charge in [0.2, 0.25) is 0 Å². The van der Waals surface area contributed by atoms with Crippen LogP contribution in [0.2, 0.25) is 0 Å². The molecule has 0 aromatic heterocycles. The van der Waals surface area contributed by atoms with Crippen molar-refractivity contribution >= 4 is 23.9 Å². The number of carbonyl (C=O) groups is 2. The Labute approximate surface area is 122 Å². The van der Waals surface area contributed by atoms with Crippen molar-refractivity contribution in [2.75, 3.05) is 19.4 Å². The molecule has 3 atom stereocenters. The highest BCUT2D eigenvalue weighted by Crippen LogP contribution is 2.33. The first-order chi connectivity index (χ1) is 9.70. The van der Waals surface area contributed by atoms with Gasteiger partial charge in [-0.3, -0.25) is 5.43 Å². The number of urea groups is 1. The average molecular weight is 302 g/mol. The molecule has 2 heterocycles. The van der Waals surface area contributed by atoms with Crippen molar-refractivity contribution in [3.05, 3.63) is 0 Å². The van der Waals surface area contributed by atoms with Crippen molar-refractivity contribution < 1.29 is 14.3 Å². The molecular formula is C12H22N4O3S. The summed E-state index contributed by atoms with van der Waals surface area (Å²) in [7, 11) is 1.33. The Morgan fingerprint density at radius 1 is 1.40 bits per heavy atom. The van der Waals surface area contributed by atoms with E-state index in [1.54, 1.807) is 0 Å². The maximum absolute atomic E-state index is 11.2. The molecule has 2 saturated heterocycles. The molecule has 2 aliphatic heterocycles. The number of carbonyl (C=O) groups excluding carboxylic acids is 2. The van der Waals surface area contributed by atoms with Gasteiger partial charge in [0.25, 0.3) is 0 Å². The molecule has 2 fully saturated rings. The lowest BCUT2D eigenvalue weighted by Crippen LogP contribution is -2.37. The largest absolute Gasteiger partial charge is 0.452 e. The predicted molar refractivity (Wildman–Crippen MR) is 77.5 cm³/mol. The number of hydrogen-bond acceptors (Lipinski definition) is 5. The Kier molecular flexibility index (Phi) is 5.78. The SMILES string of the molecule is COC(=O)NNCCCCCC1SCC2NC(=O)NC21. The third-order valence-corrected chi connectivity index (χ3v) is 5.11. The molecular weight excluding hydrogens is 280 g/mol. The highest BCUT2D eigenvalue weighted by atomic mass is 32.2. The van der Waals surface area contributed by atoms with E-state index in [9.17, 15) is 9.59 Å². The number of amides is 3.